The molecule has 0 radical (unpaired) electrons. The number of thioether (sulfide) groups is 1. The minimum atomic E-state index is -0.290. The molecule has 0 aliphatic carbocycles. The third kappa shape index (κ3) is 3.91. The lowest BCUT2D eigenvalue weighted by Gasteiger charge is -2.15. The van der Waals surface area contributed by atoms with E-state index < -0.39 is 0 Å². The second-order valence-electron chi connectivity index (χ2n) is 5.21. The molecule has 1 aliphatic rings. The summed E-state index contributed by atoms with van der Waals surface area (Å²) in [6.07, 6.45) is 2.41. The van der Waals surface area contributed by atoms with Gasteiger partial charge in [-0.2, -0.15) is 5.10 Å². The highest BCUT2D eigenvalue weighted by molar-refractivity contribution is 8.15. The number of hydrogen-bond donors (Lipinski definition) is 0. The van der Waals surface area contributed by atoms with Crippen LogP contribution in [0.3, 0.4) is 0 Å². The van der Waals surface area contributed by atoms with Crippen LogP contribution in [-0.2, 0) is 11.3 Å². The first-order valence-electron chi connectivity index (χ1n) is 7.54. The first-order valence-corrected chi connectivity index (χ1v) is 9.30. The molecule has 2 aromatic rings. The fourth-order valence-corrected chi connectivity index (χ4v) is 3.87. The van der Waals surface area contributed by atoms with Crippen LogP contribution < -0.4 is 0 Å². The van der Waals surface area contributed by atoms with Crippen LogP contribution in [0.25, 0.3) is 0 Å². The second-order valence-corrected chi connectivity index (χ2v) is 7.36. The van der Waals surface area contributed by atoms with Crippen LogP contribution in [0.15, 0.2) is 52.0 Å². The Bertz CT molecular complexity index is 757. The summed E-state index contributed by atoms with van der Waals surface area (Å²) in [5.41, 5.74) is 0.858. The molecule has 0 N–H and O–H groups in total. The highest BCUT2D eigenvalue weighted by atomic mass is 32.2. The molecule has 0 spiro atoms. The number of thiophene rings is 1. The lowest BCUT2D eigenvalue weighted by molar-refractivity contribution is -0.126. The molecule has 2 heterocycles. The summed E-state index contributed by atoms with van der Waals surface area (Å²) in [4.78, 5) is 15.1. The SMILES string of the molecule is CC[C@@H]1S/C(=N\N=C/c2cccs2)N(Cc2ccc(F)cc2)C1=O. The van der Waals surface area contributed by atoms with Gasteiger partial charge in [0.15, 0.2) is 5.17 Å². The van der Waals surface area contributed by atoms with Crippen molar-refractivity contribution in [3.8, 4) is 0 Å². The summed E-state index contributed by atoms with van der Waals surface area (Å²) in [7, 11) is 0. The number of benzene rings is 1. The lowest BCUT2D eigenvalue weighted by Crippen LogP contribution is -2.31. The number of amides is 1. The molecule has 1 saturated heterocycles. The molecule has 124 valence electrons. The van der Waals surface area contributed by atoms with Crippen molar-refractivity contribution in [3.63, 3.8) is 0 Å². The van der Waals surface area contributed by atoms with Gasteiger partial charge in [-0.15, -0.1) is 16.4 Å². The average molecular weight is 361 g/mol. The van der Waals surface area contributed by atoms with E-state index >= 15 is 0 Å². The Morgan fingerprint density at radius 3 is 2.75 bits per heavy atom. The van der Waals surface area contributed by atoms with Gasteiger partial charge in [-0.05, 0) is 35.6 Å². The summed E-state index contributed by atoms with van der Waals surface area (Å²) in [6.45, 7) is 2.35. The van der Waals surface area contributed by atoms with E-state index in [1.807, 2.05) is 24.4 Å². The number of hydrogen-bond acceptors (Lipinski definition) is 5. The summed E-state index contributed by atoms with van der Waals surface area (Å²) < 4.78 is 13.0. The predicted molar refractivity (Wildman–Crippen MR) is 98.0 cm³/mol. The van der Waals surface area contributed by atoms with Crippen molar-refractivity contribution in [3.05, 3.63) is 58.0 Å². The van der Waals surface area contributed by atoms with Gasteiger partial charge in [0.05, 0.1) is 18.0 Å². The van der Waals surface area contributed by atoms with Crippen molar-refractivity contribution >= 4 is 40.4 Å². The van der Waals surface area contributed by atoms with Crippen molar-refractivity contribution in [2.45, 2.75) is 25.1 Å². The number of carbonyl (C=O) groups is 1. The van der Waals surface area contributed by atoms with Gasteiger partial charge < -0.3 is 0 Å². The summed E-state index contributed by atoms with van der Waals surface area (Å²) in [6, 6.07) is 10.0. The molecular formula is C17H16FN3OS2. The minimum Gasteiger partial charge on any atom is -0.284 e. The van der Waals surface area contributed by atoms with Gasteiger partial charge in [0.1, 0.15) is 5.82 Å². The van der Waals surface area contributed by atoms with E-state index in [0.717, 1.165) is 16.9 Å². The van der Waals surface area contributed by atoms with E-state index in [1.54, 1.807) is 34.6 Å². The van der Waals surface area contributed by atoms with Crippen LogP contribution in [0.4, 0.5) is 4.39 Å². The fraction of sp³-hybridized carbons (Fsp3) is 0.235. The maximum absolute atomic E-state index is 13.0. The zero-order valence-electron chi connectivity index (χ0n) is 13.1. The molecule has 0 bridgehead atoms. The van der Waals surface area contributed by atoms with Crippen molar-refractivity contribution in [1.82, 2.24) is 4.90 Å². The smallest absolute Gasteiger partial charge is 0.242 e. The Labute approximate surface area is 148 Å². The Morgan fingerprint density at radius 2 is 2.08 bits per heavy atom. The average Bonchev–Trinajstić information content (AvgIpc) is 3.20. The molecule has 3 rings (SSSR count). The third-order valence-corrected chi connectivity index (χ3v) is 5.66. The standard InChI is InChI=1S/C17H16FN3OS2/c1-2-15-16(22)21(11-12-5-7-13(18)8-6-12)17(24-15)20-19-10-14-4-3-9-23-14/h3-10,15H,2,11H2,1H3/b19-10-,20-17-/t15-/m0/s1. The van der Waals surface area contributed by atoms with Gasteiger partial charge >= 0.3 is 0 Å². The highest BCUT2D eigenvalue weighted by Gasteiger charge is 2.36. The monoisotopic (exact) mass is 361 g/mol. The summed E-state index contributed by atoms with van der Waals surface area (Å²) in [5, 5.41) is 10.7. The van der Waals surface area contributed by atoms with E-state index in [2.05, 4.69) is 10.2 Å². The Kier molecular flexibility index (Phi) is 5.42. The molecule has 1 atom stereocenters. The highest BCUT2D eigenvalue weighted by Crippen LogP contribution is 2.30. The molecule has 1 aromatic carbocycles. The van der Waals surface area contributed by atoms with E-state index in [9.17, 15) is 9.18 Å². The van der Waals surface area contributed by atoms with E-state index in [0.29, 0.717) is 11.7 Å². The molecular weight excluding hydrogens is 345 g/mol. The lowest BCUT2D eigenvalue weighted by atomic mass is 10.2. The van der Waals surface area contributed by atoms with E-state index in [4.69, 9.17) is 0 Å². The topological polar surface area (TPSA) is 45.0 Å². The number of carbonyl (C=O) groups excluding carboxylic acids is 1. The van der Waals surface area contributed by atoms with Crippen molar-refractivity contribution in [1.29, 1.82) is 0 Å². The predicted octanol–water partition coefficient (Wildman–Crippen LogP) is 4.13. The zero-order valence-corrected chi connectivity index (χ0v) is 14.7. The first-order chi connectivity index (χ1) is 11.7. The molecule has 0 saturated carbocycles. The molecule has 1 fully saturated rings. The van der Waals surface area contributed by atoms with Gasteiger partial charge in [-0.25, -0.2) is 4.39 Å². The van der Waals surface area contributed by atoms with Crippen LogP contribution in [0.1, 0.15) is 23.8 Å². The number of halogens is 1. The van der Waals surface area contributed by atoms with Crippen molar-refractivity contribution in [2.24, 2.45) is 10.2 Å². The van der Waals surface area contributed by atoms with E-state index in [-0.39, 0.29) is 17.0 Å². The third-order valence-electron chi connectivity index (χ3n) is 3.52. The molecule has 7 heteroatoms. The van der Waals surface area contributed by atoms with Crippen molar-refractivity contribution in [2.75, 3.05) is 0 Å². The number of rotatable bonds is 5. The van der Waals surface area contributed by atoms with Crippen LogP contribution >= 0.6 is 23.1 Å². The van der Waals surface area contributed by atoms with Gasteiger partial charge in [0.25, 0.3) is 0 Å². The van der Waals surface area contributed by atoms with Crippen molar-refractivity contribution < 1.29 is 9.18 Å². The summed E-state index contributed by atoms with van der Waals surface area (Å²) in [5.74, 6) is -0.265. The Balaban J connectivity index is 1.79. The Morgan fingerprint density at radius 1 is 1.29 bits per heavy atom. The molecule has 4 nitrogen and oxygen atoms in total. The van der Waals surface area contributed by atoms with Crippen LogP contribution in [0, 0.1) is 5.82 Å². The minimum absolute atomic E-state index is 0.0249. The summed E-state index contributed by atoms with van der Waals surface area (Å²) >= 11 is 3.00. The van der Waals surface area contributed by atoms with Gasteiger partial charge in [0, 0.05) is 4.88 Å². The van der Waals surface area contributed by atoms with Gasteiger partial charge in [-0.1, -0.05) is 36.9 Å². The largest absolute Gasteiger partial charge is 0.284 e. The number of amidine groups is 1. The molecule has 24 heavy (non-hydrogen) atoms. The van der Waals surface area contributed by atoms with E-state index in [1.165, 1.54) is 23.9 Å². The van der Waals surface area contributed by atoms with Crippen LogP contribution in [-0.4, -0.2) is 27.4 Å². The van der Waals surface area contributed by atoms with Gasteiger partial charge in [-0.3, -0.25) is 9.69 Å². The maximum atomic E-state index is 13.0. The molecule has 1 aromatic heterocycles. The molecule has 1 amide bonds. The van der Waals surface area contributed by atoms with Gasteiger partial charge in [0.2, 0.25) is 5.91 Å². The second kappa shape index (κ2) is 7.72. The quantitative estimate of drug-likeness (QED) is 0.594. The number of nitrogens with zero attached hydrogens (tertiary/aromatic N) is 3. The maximum Gasteiger partial charge on any atom is 0.242 e. The zero-order chi connectivity index (χ0) is 16.9. The van der Waals surface area contributed by atoms with Crippen LogP contribution in [0.5, 0.6) is 0 Å². The van der Waals surface area contributed by atoms with Crippen LogP contribution in [0.2, 0.25) is 0 Å². The molecule has 0 unspecified atom stereocenters. The Hall–Kier alpha value is -1.99. The first kappa shape index (κ1) is 16.9. The normalized spacial score (nSPS) is 19.8. The molecule has 1 aliphatic heterocycles. The fourth-order valence-electron chi connectivity index (χ4n) is 2.26.